The molecular formula is C14H31O6Ti-. The van der Waals surface area contributed by atoms with Crippen LogP contribution >= 0.6 is 0 Å². The molecule has 0 rings (SSSR count). The summed E-state index contributed by atoms with van der Waals surface area (Å²) in [5, 5.41) is 33.8. The summed E-state index contributed by atoms with van der Waals surface area (Å²) in [6.07, 6.45) is -0.676. The minimum atomic E-state index is -1.29. The van der Waals surface area contributed by atoms with Gasteiger partial charge in [-0.1, -0.05) is 6.92 Å². The number of aliphatic hydroxyl groups is 3. The molecule has 0 aliphatic rings. The second-order valence-corrected chi connectivity index (χ2v) is 4.72. The van der Waals surface area contributed by atoms with Crippen LogP contribution in [0.25, 0.3) is 0 Å². The van der Waals surface area contributed by atoms with Crippen LogP contribution in [0.15, 0.2) is 0 Å². The predicted molar refractivity (Wildman–Crippen MR) is 77.0 cm³/mol. The van der Waals surface area contributed by atoms with E-state index < -0.39 is 12.4 Å². The number of aliphatic hydroxyl groups excluding tert-OH is 3. The van der Waals surface area contributed by atoms with Crippen molar-refractivity contribution in [1.82, 2.24) is 0 Å². The summed E-state index contributed by atoms with van der Waals surface area (Å²) in [6, 6.07) is 0. The van der Waals surface area contributed by atoms with Crippen LogP contribution in [0.5, 0.6) is 0 Å². The van der Waals surface area contributed by atoms with E-state index in [4.69, 9.17) is 15.3 Å². The Hall–Kier alpha value is -0.266. The van der Waals surface area contributed by atoms with Gasteiger partial charge in [0.2, 0.25) is 0 Å². The molecule has 0 saturated carbocycles. The number of rotatable bonds is 3. The third kappa shape index (κ3) is 189. The Morgan fingerprint density at radius 3 is 1.10 bits per heavy atom. The van der Waals surface area contributed by atoms with Gasteiger partial charge in [0.1, 0.15) is 5.78 Å². The maximum absolute atomic E-state index is 10.2. The fraction of sp³-hybridized carbons (Fsp3) is 0.857. The van der Waals surface area contributed by atoms with Gasteiger partial charge >= 0.3 is 0 Å². The Labute approximate surface area is 143 Å². The van der Waals surface area contributed by atoms with Gasteiger partial charge in [-0.05, 0) is 41.5 Å². The molecule has 0 fully saturated rings. The van der Waals surface area contributed by atoms with Crippen molar-refractivity contribution in [3.8, 4) is 0 Å². The molecule has 0 heterocycles. The summed E-state index contributed by atoms with van der Waals surface area (Å²) in [4.78, 5) is 19.8. The van der Waals surface area contributed by atoms with E-state index in [9.17, 15) is 14.7 Å². The normalized spacial score (nSPS) is 8.43. The van der Waals surface area contributed by atoms with Crippen molar-refractivity contribution < 1.29 is 51.7 Å². The number of Topliss-reactive ketones (excluding diaryl/α,β-unsaturated/α-hetero) is 1. The molecule has 0 aliphatic heterocycles. The van der Waals surface area contributed by atoms with Crippen molar-refractivity contribution in [2.75, 3.05) is 0 Å². The van der Waals surface area contributed by atoms with Crippen molar-refractivity contribution in [3.63, 3.8) is 0 Å². The van der Waals surface area contributed by atoms with Gasteiger partial charge < -0.3 is 25.2 Å². The van der Waals surface area contributed by atoms with Crippen LogP contribution in [0.4, 0.5) is 0 Å². The van der Waals surface area contributed by atoms with E-state index in [2.05, 4.69) is 0 Å². The Morgan fingerprint density at radius 1 is 0.857 bits per heavy atom. The molecule has 0 spiro atoms. The van der Waals surface area contributed by atoms with E-state index in [1.54, 1.807) is 48.5 Å². The van der Waals surface area contributed by atoms with Crippen LogP contribution in [0.3, 0.4) is 0 Å². The second kappa shape index (κ2) is 24.7. The Balaban J connectivity index is -0.0000000570. The first-order chi connectivity index (χ1) is 8.86. The molecule has 0 aromatic heterocycles. The molecule has 7 heteroatoms. The minimum Gasteiger partial charge on any atom is -0.550 e. The van der Waals surface area contributed by atoms with Crippen LogP contribution in [-0.2, 0) is 31.3 Å². The number of carboxylic acid groups (broad SMARTS) is 1. The number of hydrogen-bond acceptors (Lipinski definition) is 6. The van der Waals surface area contributed by atoms with Crippen molar-refractivity contribution in [2.45, 2.75) is 79.6 Å². The predicted octanol–water partition coefficient (Wildman–Crippen LogP) is 0.264. The summed E-state index contributed by atoms with van der Waals surface area (Å²) in [5.74, 6) is -1.58. The van der Waals surface area contributed by atoms with Gasteiger partial charge in [0.05, 0.1) is 0 Å². The summed E-state index contributed by atoms with van der Waals surface area (Å²) in [5.41, 5.74) is 0. The van der Waals surface area contributed by atoms with Gasteiger partial charge in [-0.25, -0.2) is 0 Å². The first-order valence-corrected chi connectivity index (χ1v) is 6.62. The van der Waals surface area contributed by atoms with Crippen molar-refractivity contribution in [1.29, 1.82) is 0 Å². The standard InChI is InChI=1S/C5H8O3.3C3H8O.Ti/c1-2-4(6)3-5(7)8;3*1-3(2)4;/h2-3H2,1H3,(H,7,8);3*3-4H,1-2H3;/p-1. The molecular weight excluding hydrogens is 312 g/mol. The first kappa shape index (κ1) is 32.6. The third-order valence-electron chi connectivity index (χ3n) is 0.736. The number of carboxylic acids is 1. The van der Waals surface area contributed by atoms with Crippen molar-refractivity contribution in [3.05, 3.63) is 0 Å². The molecule has 0 radical (unpaired) electrons. The van der Waals surface area contributed by atoms with Gasteiger partial charge in [-0.3, -0.25) is 4.79 Å². The zero-order valence-electron chi connectivity index (χ0n) is 14.2. The molecule has 0 aromatic rings. The number of ketones is 1. The fourth-order valence-corrected chi connectivity index (χ4v) is 0.286. The molecule has 128 valence electrons. The molecule has 0 aromatic carbocycles. The molecule has 0 unspecified atom stereocenters. The summed E-state index contributed by atoms with van der Waals surface area (Å²) >= 11 is 0. The Bertz CT molecular complexity index is 195. The van der Waals surface area contributed by atoms with Crippen LogP contribution in [0.2, 0.25) is 0 Å². The maximum atomic E-state index is 10.2. The van der Waals surface area contributed by atoms with Gasteiger partial charge in [-0.2, -0.15) is 0 Å². The quantitative estimate of drug-likeness (QED) is 0.500. The van der Waals surface area contributed by atoms with Gasteiger partial charge in [0, 0.05) is 58.8 Å². The number of hydrogen-bond donors (Lipinski definition) is 3. The van der Waals surface area contributed by atoms with Crippen LogP contribution < -0.4 is 5.11 Å². The first-order valence-electron chi connectivity index (χ1n) is 6.62. The molecule has 0 atom stereocenters. The monoisotopic (exact) mass is 343 g/mol. The van der Waals surface area contributed by atoms with Crippen LogP contribution in [0.1, 0.15) is 61.3 Å². The second-order valence-electron chi connectivity index (χ2n) is 4.72. The van der Waals surface area contributed by atoms with E-state index >= 15 is 0 Å². The number of aliphatic carboxylic acids is 1. The van der Waals surface area contributed by atoms with Crippen LogP contribution in [0, 0.1) is 0 Å². The topological polar surface area (TPSA) is 118 Å². The van der Waals surface area contributed by atoms with Gasteiger partial charge in [0.25, 0.3) is 0 Å². The summed E-state index contributed by atoms with van der Waals surface area (Å²) in [6.45, 7) is 11.9. The fourth-order valence-electron chi connectivity index (χ4n) is 0.286. The van der Waals surface area contributed by atoms with E-state index in [1.807, 2.05) is 0 Å². The van der Waals surface area contributed by atoms with Gasteiger partial charge in [-0.15, -0.1) is 0 Å². The van der Waals surface area contributed by atoms with E-state index in [0.717, 1.165) is 0 Å². The SMILES string of the molecule is CC(C)O.CC(C)O.CC(C)O.CCC(=O)CC(=O)[O-].[Ti]. The zero-order chi connectivity index (χ0) is 17.3. The molecule has 0 saturated heterocycles. The van der Waals surface area contributed by atoms with Gasteiger partial charge in [0.15, 0.2) is 0 Å². The molecule has 0 aliphatic carbocycles. The van der Waals surface area contributed by atoms with Crippen molar-refractivity contribution in [2.24, 2.45) is 0 Å². The molecule has 6 nitrogen and oxygen atoms in total. The van der Waals surface area contributed by atoms with Crippen LogP contribution in [-0.4, -0.2) is 45.4 Å². The van der Waals surface area contributed by atoms with E-state index in [-0.39, 0.29) is 52.2 Å². The maximum Gasteiger partial charge on any atom is 0.138 e. The van der Waals surface area contributed by atoms with E-state index in [1.165, 1.54) is 0 Å². The largest absolute Gasteiger partial charge is 0.550 e. The zero-order valence-corrected chi connectivity index (χ0v) is 15.8. The molecule has 21 heavy (non-hydrogen) atoms. The summed E-state index contributed by atoms with van der Waals surface area (Å²) < 4.78 is 0. The average molecular weight is 343 g/mol. The van der Waals surface area contributed by atoms with Crippen molar-refractivity contribution >= 4 is 11.8 Å². The molecule has 0 bridgehead atoms. The summed E-state index contributed by atoms with van der Waals surface area (Å²) in [7, 11) is 0. The van der Waals surface area contributed by atoms with E-state index in [0.29, 0.717) is 0 Å². The Kier molecular flexibility index (Phi) is 38.4. The minimum absolute atomic E-state index is 0. The number of carbonyl (C=O) groups is 2. The average Bonchev–Trinajstić information content (AvgIpc) is 2.13. The Morgan fingerprint density at radius 2 is 1.05 bits per heavy atom. The number of carbonyl (C=O) groups excluding carboxylic acids is 2. The molecule has 0 amide bonds. The third-order valence-corrected chi connectivity index (χ3v) is 0.736. The smallest absolute Gasteiger partial charge is 0.138 e. The molecule has 3 N–H and O–H groups in total.